The fourth-order valence-electron chi connectivity index (χ4n) is 2.87. The summed E-state index contributed by atoms with van der Waals surface area (Å²) in [4.78, 5) is 0. The number of hydrogen-bond acceptors (Lipinski definition) is 3. The first-order valence-corrected chi connectivity index (χ1v) is 6.54. The molecular formula is C14H23NO2. The molecule has 1 aliphatic carbocycles. The van der Waals surface area contributed by atoms with Crippen LogP contribution in [0.25, 0.3) is 0 Å². The van der Waals surface area contributed by atoms with E-state index in [-0.39, 0.29) is 12.1 Å². The van der Waals surface area contributed by atoms with E-state index >= 15 is 0 Å². The first-order chi connectivity index (χ1) is 8.15. The van der Waals surface area contributed by atoms with E-state index in [2.05, 4.69) is 19.2 Å². The van der Waals surface area contributed by atoms with E-state index in [1.54, 1.807) is 6.26 Å². The van der Waals surface area contributed by atoms with Crippen molar-refractivity contribution in [3.05, 3.63) is 23.7 Å². The summed E-state index contributed by atoms with van der Waals surface area (Å²) in [5.41, 5.74) is 1.08. The van der Waals surface area contributed by atoms with Gasteiger partial charge in [0.25, 0.3) is 0 Å². The Morgan fingerprint density at radius 1 is 1.59 bits per heavy atom. The number of hydrogen-bond donors (Lipinski definition) is 2. The molecule has 1 aliphatic rings. The molecule has 96 valence electrons. The minimum atomic E-state index is -0.100. The van der Waals surface area contributed by atoms with Gasteiger partial charge in [-0.05, 0) is 37.3 Å². The van der Waals surface area contributed by atoms with Gasteiger partial charge in [-0.15, -0.1) is 0 Å². The minimum absolute atomic E-state index is 0.100. The van der Waals surface area contributed by atoms with Gasteiger partial charge in [0.1, 0.15) is 5.76 Å². The maximum atomic E-state index is 9.66. The molecule has 0 aliphatic heterocycles. The van der Waals surface area contributed by atoms with Crippen molar-refractivity contribution < 1.29 is 9.52 Å². The molecule has 17 heavy (non-hydrogen) atoms. The highest BCUT2D eigenvalue weighted by molar-refractivity contribution is 5.14. The van der Waals surface area contributed by atoms with Crippen LogP contribution in [0.15, 0.2) is 16.7 Å². The first-order valence-electron chi connectivity index (χ1n) is 6.54. The van der Waals surface area contributed by atoms with Crippen molar-refractivity contribution in [2.75, 3.05) is 6.61 Å². The summed E-state index contributed by atoms with van der Waals surface area (Å²) in [7, 11) is 0. The summed E-state index contributed by atoms with van der Waals surface area (Å²) in [6.45, 7) is 5.25. The summed E-state index contributed by atoms with van der Waals surface area (Å²) in [6.07, 6.45) is 6.33. The van der Waals surface area contributed by atoms with Crippen molar-refractivity contribution in [1.29, 1.82) is 0 Å². The van der Waals surface area contributed by atoms with Crippen LogP contribution in [0.4, 0.5) is 0 Å². The summed E-state index contributed by atoms with van der Waals surface area (Å²) in [5.74, 6) is 1.68. The van der Waals surface area contributed by atoms with Crippen LogP contribution in [-0.4, -0.2) is 17.3 Å². The maximum Gasteiger partial charge on any atom is 0.120 e. The van der Waals surface area contributed by atoms with Crippen molar-refractivity contribution in [3.8, 4) is 0 Å². The van der Waals surface area contributed by atoms with Crippen LogP contribution in [0, 0.1) is 12.8 Å². The van der Waals surface area contributed by atoms with Gasteiger partial charge in [-0.2, -0.15) is 0 Å². The van der Waals surface area contributed by atoms with E-state index in [4.69, 9.17) is 4.42 Å². The van der Waals surface area contributed by atoms with Gasteiger partial charge in [-0.3, -0.25) is 0 Å². The number of aryl methyl sites for hydroxylation is 1. The number of aliphatic hydroxyl groups is 1. The molecule has 2 N–H and O–H groups in total. The van der Waals surface area contributed by atoms with Gasteiger partial charge < -0.3 is 14.8 Å². The second-order valence-corrected chi connectivity index (χ2v) is 5.52. The Kier molecular flexibility index (Phi) is 3.89. The van der Waals surface area contributed by atoms with Crippen LogP contribution in [0.1, 0.15) is 43.9 Å². The number of nitrogens with one attached hydrogen (secondary N) is 1. The van der Waals surface area contributed by atoms with Gasteiger partial charge in [0.15, 0.2) is 0 Å². The molecule has 0 aromatic carbocycles. The zero-order chi connectivity index (χ0) is 12.3. The smallest absolute Gasteiger partial charge is 0.120 e. The highest BCUT2D eigenvalue weighted by Crippen LogP contribution is 2.32. The second-order valence-electron chi connectivity index (χ2n) is 5.52. The second kappa shape index (κ2) is 5.23. The Morgan fingerprint density at radius 3 is 3.00 bits per heavy atom. The van der Waals surface area contributed by atoms with E-state index in [0.717, 1.165) is 18.6 Å². The number of furan rings is 1. The topological polar surface area (TPSA) is 45.4 Å². The third-order valence-corrected chi connectivity index (χ3v) is 3.99. The standard InChI is InChI=1S/C14H23NO2/c1-11-4-3-6-14(8-11,10-16)15-9-13-12(2)5-7-17-13/h5,7,11,15-16H,3-4,6,8-10H2,1-2H3. The molecule has 3 nitrogen and oxygen atoms in total. The normalized spacial score (nSPS) is 29.5. The van der Waals surface area contributed by atoms with Crippen LogP contribution in [0.5, 0.6) is 0 Å². The lowest BCUT2D eigenvalue weighted by molar-refractivity contribution is 0.0963. The zero-order valence-electron chi connectivity index (χ0n) is 10.8. The van der Waals surface area contributed by atoms with Crippen LogP contribution >= 0.6 is 0 Å². The van der Waals surface area contributed by atoms with E-state index in [1.165, 1.54) is 18.4 Å². The Labute approximate surface area is 103 Å². The predicted molar refractivity (Wildman–Crippen MR) is 67.7 cm³/mol. The van der Waals surface area contributed by atoms with Crippen LogP contribution in [-0.2, 0) is 6.54 Å². The molecule has 3 heteroatoms. The van der Waals surface area contributed by atoms with Gasteiger partial charge in [0, 0.05) is 5.54 Å². The summed E-state index contributed by atoms with van der Waals surface area (Å²) < 4.78 is 5.43. The fourth-order valence-corrected chi connectivity index (χ4v) is 2.87. The number of rotatable bonds is 4. The Morgan fingerprint density at radius 2 is 2.41 bits per heavy atom. The Balaban J connectivity index is 1.97. The average molecular weight is 237 g/mol. The molecule has 1 aromatic rings. The van der Waals surface area contributed by atoms with Crippen LogP contribution in [0.3, 0.4) is 0 Å². The van der Waals surface area contributed by atoms with Gasteiger partial charge in [-0.1, -0.05) is 19.8 Å². The third-order valence-electron chi connectivity index (χ3n) is 3.99. The molecule has 0 saturated heterocycles. The summed E-state index contributed by atoms with van der Waals surface area (Å²) in [5, 5.41) is 13.2. The molecule has 0 bridgehead atoms. The SMILES string of the molecule is Cc1ccoc1CNC1(CO)CCCC(C)C1. The maximum absolute atomic E-state index is 9.66. The van der Waals surface area contributed by atoms with Crippen LogP contribution in [0.2, 0.25) is 0 Å². The predicted octanol–water partition coefficient (Wildman–Crippen LogP) is 2.62. The van der Waals surface area contributed by atoms with Crippen molar-refractivity contribution >= 4 is 0 Å². The molecule has 2 atom stereocenters. The molecule has 1 heterocycles. The summed E-state index contributed by atoms with van der Waals surface area (Å²) >= 11 is 0. The first kappa shape index (κ1) is 12.7. The highest BCUT2D eigenvalue weighted by atomic mass is 16.3. The lowest BCUT2D eigenvalue weighted by Crippen LogP contribution is -2.51. The average Bonchev–Trinajstić information content (AvgIpc) is 2.72. The van der Waals surface area contributed by atoms with E-state index < -0.39 is 0 Å². The van der Waals surface area contributed by atoms with Gasteiger partial charge in [0.05, 0.1) is 19.4 Å². The molecular weight excluding hydrogens is 214 g/mol. The monoisotopic (exact) mass is 237 g/mol. The third kappa shape index (κ3) is 2.90. The molecule has 1 aromatic heterocycles. The Hall–Kier alpha value is -0.800. The van der Waals surface area contributed by atoms with Crippen LogP contribution < -0.4 is 5.32 Å². The molecule has 0 amide bonds. The molecule has 2 rings (SSSR count). The Bertz CT molecular complexity index is 361. The molecule has 1 saturated carbocycles. The minimum Gasteiger partial charge on any atom is -0.468 e. The van der Waals surface area contributed by atoms with Crippen molar-refractivity contribution in [1.82, 2.24) is 5.32 Å². The highest BCUT2D eigenvalue weighted by Gasteiger charge is 2.34. The van der Waals surface area contributed by atoms with Gasteiger partial charge >= 0.3 is 0 Å². The van der Waals surface area contributed by atoms with E-state index in [0.29, 0.717) is 12.5 Å². The van der Waals surface area contributed by atoms with E-state index in [1.807, 2.05) is 6.07 Å². The van der Waals surface area contributed by atoms with Crippen molar-refractivity contribution in [2.24, 2.45) is 5.92 Å². The van der Waals surface area contributed by atoms with Crippen molar-refractivity contribution in [3.63, 3.8) is 0 Å². The van der Waals surface area contributed by atoms with Crippen molar-refractivity contribution in [2.45, 2.75) is 51.6 Å². The lowest BCUT2D eigenvalue weighted by atomic mass is 9.77. The quantitative estimate of drug-likeness (QED) is 0.846. The zero-order valence-corrected chi connectivity index (χ0v) is 10.8. The molecule has 0 radical (unpaired) electrons. The molecule has 1 fully saturated rings. The van der Waals surface area contributed by atoms with Gasteiger partial charge in [-0.25, -0.2) is 0 Å². The fraction of sp³-hybridized carbons (Fsp3) is 0.714. The number of aliphatic hydroxyl groups excluding tert-OH is 1. The largest absolute Gasteiger partial charge is 0.468 e. The summed E-state index contributed by atoms with van der Waals surface area (Å²) in [6, 6.07) is 1.98. The lowest BCUT2D eigenvalue weighted by Gasteiger charge is -2.39. The molecule has 2 unspecified atom stereocenters. The molecule has 0 spiro atoms. The van der Waals surface area contributed by atoms with Gasteiger partial charge in [0.2, 0.25) is 0 Å². The van der Waals surface area contributed by atoms with E-state index in [9.17, 15) is 5.11 Å².